The van der Waals surface area contributed by atoms with Crippen molar-refractivity contribution in [2.24, 2.45) is 0 Å². The minimum Gasteiger partial charge on any atom is -0.449 e. The number of rotatable bonds is 1. The van der Waals surface area contributed by atoms with E-state index in [1.807, 2.05) is 0 Å². The topological polar surface area (TPSA) is 9.23 Å². The van der Waals surface area contributed by atoms with Crippen LogP contribution < -0.4 is 4.74 Å². The molecule has 1 aromatic rings. The molecule has 0 aliphatic rings. The molecule has 0 fully saturated rings. The van der Waals surface area contributed by atoms with Crippen molar-refractivity contribution in [3.05, 3.63) is 27.4 Å². The van der Waals surface area contributed by atoms with E-state index in [2.05, 4.69) is 15.9 Å². The van der Waals surface area contributed by atoms with E-state index in [4.69, 9.17) is 28.6 Å². The van der Waals surface area contributed by atoms with Crippen molar-refractivity contribution in [2.75, 3.05) is 0 Å². The molecular weight excluding hydrogens is 279 g/mol. The minimum absolute atomic E-state index is 0.0428. The maximum Gasteiger partial charge on any atom is 0.164 e. The van der Waals surface area contributed by atoms with Crippen LogP contribution in [0.25, 0.3) is 0 Å². The number of hydrogen-bond donors (Lipinski definition) is 0. The van der Waals surface area contributed by atoms with Crippen LogP contribution in [0.3, 0.4) is 0 Å². The second-order valence-electron chi connectivity index (χ2n) is 2.27. The maximum absolute atomic E-state index is 13.1. The number of ether oxygens (including phenoxy) is 1. The average molecular weight is 284 g/mol. The lowest BCUT2D eigenvalue weighted by atomic mass is 10.3. The van der Waals surface area contributed by atoms with Gasteiger partial charge in [-0.25, -0.2) is 4.39 Å². The highest BCUT2D eigenvalue weighted by Crippen LogP contribution is 2.32. The van der Waals surface area contributed by atoms with Crippen LogP contribution in [-0.2, 0) is 0 Å². The third-order valence-corrected chi connectivity index (χ3v) is 2.37. The van der Waals surface area contributed by atoms with Gasteiger partial charge in [-0.2, -0.15) is 0 Å². The Bertz CT molecular complexity index is 356. The molecule has 0 bridgehead atoms. The summed E-state index contributed by atoms with van der Waals surface area (Å²) in [4.78, 5) is 0. The molecule has 0 heterocycles. The highest BCUT2D eigenvalue weighted by atomic mass is 79.9. The molecule has 1 aromatic carbocycles. The van der Waals surface area contributed by atoms with Crippen LogP contribution in [0.4, 0.5) is 4.39 Å². The van der Waals surface area contributed by atoms with Crippen molar-refractivity contribution < 1.29 is 9.13 Å². The van der Waals surface area contributed by atoms with Crippen molar-refractivity contribution >= 4 is 44.8 Å². The Morgan fingerprint density at radius 1 is 1.62 bits per heavy atom. The van der Waals surface area contributed by atoms with Gasteiger partial charge in [0.2, 0.25) is 0 Å². The van der Waals surface area contributed by atoms with E-state index < -0.39 is 5.82 Å². The van der Waals surface area contributed by atoms with Gasteiger partial charge in [0, 0.05) is 6.92 Å². The van der Waals surface area contributed by atoms with Gasteiger partial charge < -0.3 is 4.74 Å². The Labute approximate surface area is 94.0 Å². The van der Waals surface area contributed by atoms with Gasteiger partial charge in [-0.1, -0.05) is 11.6 Å². The fourth-order valence-corrected chi connectivity index (χ4v) is 1.53. The number of halogens is 3. The molecular formula is C8H5BrClFOS. The molecule has 0 radical (unpaired) electrons. The third kappa shape index (κ3) is 2.62. The van der Waals surface area contributed by atoms with Crippen molar-refractivity contribution in [2.45, 2.75) is 6.92 Å². The molecule has 0 aliphatic heterocycles. The summed E-state index contributed by atoms with van der Waals surface area (Å²) in [5, 5.41) is 0.365. The first-order chi connectivity index (χ1) is 6.02. The van der Waals surface area contributed by atoms with Gasteiger partial charge in [-0.05, 0) is 40.3 Å². The fraction of sp³-hybridized carbons (Fsp3) is 0.125. The monoisotopic (exact) mass is 282 g/mol. The van der Waals surface area contributed by atoms with E-state index in [-0.39, 0.29) is 9.50 Å². The standard InChI is InChI=1S/C8H5BrClFOS/c1-4(13)12-6-3-2-5(10)8(11)7(6)9/h2-3H,1H3. The molecule has 0 aromatic heterocycles. The lowest BCUT2D eigenvalue weighted by Gasteiger charge is -2.06. The van der Waals surface area contributed by atoms with Gasteiger partial charge in [-0.15, -0.1) is 0 Å². The highest BCUT2D eigenvalue weighted by Gasteiger charge is 2.11. The van der Waals surface area contributed by atoms with Crippen molar-refractivity contribution in [1.82, 2.24) is 0 Å². The van der Waals surface area contributed by atoms with Gasteiger partial charge in [0.25, 0.3) is 0 Å². The largest absolute Gasteiger partial charge is 0.449 e. The summed E-state index contributed by atoms with van der Waals surface area (Å²) in [6, 6.07) is 2.96. The Kier molecular flexibility index (Phi) is 3.64. The van der Waals surface area contributed by atoms with Gasteiger partial charge in [0.1, 0.15) is 5.75 Å². The zero-order valence-corrected chi connectivity index (χ0v) is 9.76. The minimum atomic E-state index is -0.546. The van der Waals surface area contributed by atoms with Crippen molar-refractivity contribution in [3.63, 3.8) is 0 Å². The average Bonchev–Trinajstić information content (AvgIpc) is 2.06. The molecule has 0 saturated heterocycles. The first-order valence-electron chi connectivity index (χ1n) is 3.34. The van der Waals surface area contributed by atoms with E-state index in [0.29, 0.717) is 10.8 Å². The zero-order chi connectivity index (χ0) is 10.0. The molecule has 0 amide bonds. The van der Waals surface area contributed by atoms with Crippen LogP contribution in [0.2, 0.25) is 5.02 Å². The molecule has 70 valence electrons. The predicted molar refractivity (Wildman–Crippen MR) is 58.0 cm³/mol. The summed E-state index contributed by atoms with van der Waals surface area (Å²) < 4.78 is 18.4. The summed E-state index contributed by atoms with van der Waals surface area (Å²) in [6.45, 7) is 1.61. The number of thiocarbonyl (C=S) groups is 1. The Morgan fingerprint density at radius 2 is 2.23 bits per heavy atom. The molecule has 13 heavy (non-hydrogen) atoms. The molecule has 1 nitrogen and oxygen atoms in total. The summed E-state index contributed by atoms with van der Waals surface area (Å²) in [5.74, 6) is -0.218. The quantitative estimate of drug-likeness (QED) is 0.570. The van der Waals surface area contributed by atoms with Crippen molar-refractivity contribution in [1.29, 1.82) is 0 Å². The molecule has 0 atom stereocenters. The van der Waals surface area contributed by atoms with Crippen LogP contribution in [0.15, 0.2) is 16.6 Å². The molecule has 0 aliphatic carbocycles. The summed E-state index contributed by atoms with van der Waals surface area (Å²) in [7, 11) is 0. The first-order valence-corrected chi connectivity index (χ1v) is 4.92. The predicted octanol–water partition coefficient (Wildman–Crippen LogP) is 3.97. The molecule has 0 unspecified atom stereocenters. The third-order valence-electron chi connectivity index (χ3n) is 1.25. The lowest BCUT2D eigenvalue weighted by Crippen LogP contribution is -2.00. The lowest BCUT2D eigenvalue weighted by molar-refractivity contribution is 0.541. The zero-order valence-electron chi connectivity index (χ0n) is 6.61. The van der Waals surface area contributed by atoms with E-state index in [9.17, 15) is 4.39 Å². The SMILES string of the molecule is CC(=S)Oc1ccc(Cl)c(F)c1Br. The van der Waals surface area contributed by atoms with Crippen LogP contribution in [0.1, 0.15) is 6.92 Å². The summed E-state index contributed by atoms with van der Waals surface area (Å²) in [5.41, 5.74) is 0. The maximum atomic E-state index is 13.1. The highest BCUT2D eigenvalue weighted by molar-refractivity contribution is 9.10. The molecule has 0 saturated carbocycles. The smallest absolute Gasteiger partial charge is 0.164 e. The Morgan fingerprint density at radius 3 is 2.77 bits per heavy atom. The second-order valence-corrected chi connectivity index (χ2v) is 4.04. The van der Waals surface area contributed by atoms with E-state index in [1.165, 1.54) is 6.07 Å². The summed E-state index contributed by atoms with van der Waals surface area (Å²) >= 11 is 13.3. The Balaban J connectivity index is 3.10. The molecule has 5 heteroatoms. The van der Waals surface area contributed by atoms with E-state index in [1.54, 1.807) is 13.0 Å². The van der Waals surface area contributed by atoms with Crippen LogP contribution >= 0.6 is 39.7 Å². The Hall–Kier alpha value is -0.190. The fourth-order valence-electron chi connectivity index (χ4n) is 0.742. The normalized spacial score (nSPS) is 9.85. The van der Waals surface area contributed by atoms with Gasteiger partial charge >= 0.3 is 0 Å². The molecule has 0 spiro atoms. The van der Waals surface area contributed by atoms with Gasteiger partial charge in [0.15, 0.2) is 10.9 Å². The second kappa shape index (κ2) is 4.35. The molecule has 1 rings (SSSR count). The summed E-state index contributed by atoms with van der Waals surface area (Å²) in [6.07, 6.45) is 0. The van der Waals surface area contributed by atoms with Crippen LogP contribution in [0.5, 0.6) is 5.75 Å². The number of benzene rings is 1. The van der Waals surface area contributed by atoms with Crippen molar-refractivity contribution in [3.8, 4) is 5.75 Å². The number of hydrogen-bond acceptors (Lipinski definition) is 2. The van der Waals surface area contributed by atoms with Crippen LogP contribution in [0, 0.1) is 5.82 Å². The van der Waals surface area contributed by atoms with Gasteiger partial charge in [0.05, 0.1) is 9.50 Å². The van der Waals surface area contributed by atoms with E-state index >= 15 is 0 Å². The molecule has 0 N–H and O–H groups in total. The van der Waals surface area contributed by atoms with E-state index in [0.717, 1.165) is 0 Å². The van der Waals surface area contributed by atoms with Crippen LogP contribution in [-0.4, -0.2) is 5.05 Å². The first kappa shape index (κ1) is 10.9. The van der Waals surface area contributed by atoms with Gasteiger partial charge in [-0.3, -0.25) is 0 Å².